The average molecular weight is 107 g/mol. The normalized spacial score (nSPS) is 7.00. The number of thiol groups is 1. The molecule has 0 amide bonds. The first kappa shape index (κ1) is 9.58. The maximum absolute atomic E-state index is 4.00. The molecule has 0 aromatic carbocycles. The molecule has 0 aromatic heterocycles. The molecule has 0 aliphatic heterocycles. The summed E-state index contributed by atoms with van der Waals surface area (Å²) in [7, 11) is 0. The van der Waals surface area contributed by atoms with Crippen LogP contribution < -0.4 is 6.15 Å². The second kappa shape index (κ2) is 9.00. The van der Waals surface area contributed by atoms with E-state index in [1.807, 2.05) is 0 Å². The Balaban J connectivity index is 0. The van der Waals surface area contributed by atoms with Crippen molar-refractivity contribution in [2.24, 2.45) is 0 Å². The van der Waals surface area contributed by atoms with E-state index in [2.05, 4.69) is 19.6 Å². The molecule has 0 atom stereocenters. The molecular formula is C4H13NS. The van der Waals surface area contributed by atoms with Crippen molar-refractivity contribution in [3.63, 3.8) is 0 Å². The zero-order valence-electron chi connectivity index (χ0n) is 4.28. The van der Waals surface area contributed by atoms with Crippen LogP contribution in [0.25, 0.3) is 0 Å². The minimum absolute atomic E-state index is 0. The molecule has 0 spiro atoms. The van der Waals surface area contributed by atoms with Crippen molar-refractivity contribution in [2.75, 3.05) is 5.75 Å². The molecule has 0 aliphatic carbocycles. The first-order valence-electron chi connectivity index (χ1n) is 2.02. The van der Waals surface area contributed by atoms with Crippen molar-refractivity contribution in [1.82, 2.24) is 6.15 Å². The molecule has 0 saturated carbocycles. The SMILES string of the molecule is CCCCS.N. The molecule has 6 heavy (non-hydrogen) atoms. The van der Waals surface area contributed by atoms with E-state index in [0.717, 1.165) is 5.75 Å². The van der Waals surface area contributed by atoms with Gasteiger partial charge in [-0.15, -0.1) is 0 Å². The standard InChI is InChI=1S/C4H10S.H3N/c1-2-3-4-5;/h5H,2-4H2,1H3;1H3. The molecule has 0 aliphatic rings. The van der Waals surface area contributed by atoms with E-state index in [1.54, 1.807) is 0 Å². The topological polar surface area (TPSA) is 35.0 Å². The molecule has 0 heterocycles. The summed E-state index contributed by atoms with van der Waals surface area (Å²) < 4.78 is 0. The summed E-state index contributed by atoms with van der Waals surface area (Å²) in [5.74, 6) is 1.04. The minimum atomic E-state index is 0. The lowest BCUT2D eigenvalue weighted by Gasteiger charge is -1.78. The Kier molecular flexibility index (Phi) is 14.4. The Morgan fingerprint density at radius 3 is 2.00 bits per heavy atom. The molecule has 2 heteroatoms. The van der Waals surface area contributed by atoms with Crippen LogP contribution in [0, 0.1) is 0 Å². The summed E-state index contributed by atoms with van der Waals surface area (Å²) in [6.07, 6.45) is 2.52. The van der Waals surface area contributed by atoms with Gasteiger partial charge in [0.15, 0.2) is 0 Å². The summed E-state index contributed by atoms with van der Waals surface area (Å²) in [6.45, 7) is 2.16. The van der Waals surface area contributed by atoms with Crippen LogP contribution in [0.3, 0.4) is 0 Å². The van der Waals surface area contributed by atoms with Crippen LogP contribution in [0.5, 0.6) is 0 Å². The number of hydrogen-bond donors (Lipinski definition) is 2. The fourth-order valence-electron chi connectivity index (χ4n) is 0.158. The van der Waals surface area contributed by atoms with Gasteiger partial charge in [0, 0.05) is 0 Å². The van der Waals surface area contributed by atoms with Gasteiger partial charge in [0.1, 0.15) is 0 Å². The Morgan fingerprint density at radius 1 is 1.50 bits per heavy atom. The molecule has 3 N–H and O–H groups in total. The summed E-state index contributed by atoms with van der Waals surface area (Å²) in [4.78, 5) is 0. The van der Waals surface area contributed by atoms with Gasteiger partial charge in [-0.05, 0) is 12.2 Å². The highest BCUT2D eigenvalue weighted by Crippen LogP contribution is 1.85. The molecule has 1 nitrogen and oxygen atoms in total. The quantitative estimate of drug-likeness (QED) is 0.519. The number of hydrogen-bond acceptors (Lipinski definition) is 2. The molecule has 0 unspecified atom stereocenters. The smallest absolute Gasteiger partial charge is 0.00980 e. The highest BCUT2D eigenvalue weighted by Gasteiger charge is 1.68. The van der Waals surface area contributed by atoms with Gasteiger partial charge in [0.2, 0.25) is 0 Å². The van der Waals surface area contributed by atoms with Crippen molar-refractivity contribution in [1.29, 1.82) is 0 Å². The molecule has 0 fully saturated rings. The Labute approximate surface area is 45.1 Å². The first-order chi connectivity index (χ1) is 2.41. The lowest BCUT2D eigenvalue weighted by Crippen LogP contribution is -1.65. The van der Waals surface area contributed by atoms with Crippen molar-refractivity contribution >= 4 is 12.6 Å². The van der Waals surface area contributed by atoms with Gasteiger partial charge in [0.25, 0.3) is 0 Å². The predicted octanol–water partition coefficient (Wildman–Crippen LogP) is 1.88. The van der Waals surface area contributed by atoms with E-state index in [1.165, 1.54) is 12.8 Å². The number of unbranched alkanes of at least 4 members (excludes halogenated alkanes) is 1. The van der Waals surface area contributed by atoms with Crippen molar-refractivity contribution in [3.8, 4) is 0 Å². The minimum Gasteiger partial charge on any atom is -0.344 e. The molecule has 0 bridgehead atoms. The van der Waals surface area contributed by atoms with Gasteiger partial charge >= 0.3 is 0 Å². The largest absolute Gasteiger partial charge is 0.344 e. The Hall–Kier alpha value is 0.310. The zero-order valence-corrected chi connectivity index (χ0v) is 5.17. The van der Waals surface area contributed by atoms with Gasteiger partial charge < -0.3 is 6.15 Å². The Morgan fingerprint density at radius 2 is 2.00 bits per heavy atom. The number of rotatable bonds is 2. The highest BCUT2D eigenvalue weighted by atomic mass is 32.1. The van der Waals surface area contributed by atoms with E-state index in [9.17, 15) is 0 Å². The van der Waals surface area contributed by atoms with Crippen molar-refractivity contribution in [2.45, 2.75) is 19.8 Å². The summed E-state index contributed by atoms with van der Waals surface area (Å²) >= 11 is 4.00. The average Bonchev–Trinajstić information content (AvgIpc) is 1.41. The van der Waals surface area contributed by atoms with E-state index >= 15 is 0 Å². The van der Waals surface area contributed by atoms with Crippen molar-refractivity contribution < 1.29 is 0 Å². The van der Waals surface area contributed by atoms with Crippen LogP contribution in [0.15, 0.2) is 0 Å². The van der Waals surface area contributed by atoms with Gasteiger partial charge in [0.05, 0.1) is 0 Å². The van der Waals surface area contributed by atoms with Gasteiger partial charge in [-0.2, -0.15) is 12.6 Å². The third kappa shape index (κ3) is 8.85. The van der Waals surface area contributed by atoms with E-state index < -0.39 is 0 Å². The van der Waals surface area contributed by atoms with Gasteiger partial charge in [-0.3, -0.25) is 0 Å². The second-order valence-electron chi connectivity index (χ2n) is 1.08. The molecule has 0 saturated heterocycles. The van der Waals surface area contributed by atoms with E-state index in [4.69, 9.17) is 0 Å². The van der Waals surface area contributed by atoms with Crippen LogP contribution in [0.4, 0.5) is 0 Å². The molecule has 0 radical (unpaired) electrons. The first-order valence-corrected chi connectivity index (χ1v) is 2.66. The Bertz CT molecular complexity index is 15.0. The predicted molar refractivity (Wildman–Crippen MR) is 33.8 cm³/mol. The zero-order chi connectivity index (χ0) is 4.12. The van der Waals surface area contributed by atoms with Crippen LogP contribution in [0.1, 0.15) is 19.8 Å². The molecule has 0 rings (SSSR count). The maximum atomic E-state index is 4.00. The van der Waals surface area contributed by atoms with Gasteiger partial charge in [-0.25, -0.2) is 0 Å². The van der Waals surface area contributed by atoms with E-state index in [-0.39, 0.29) is 6.15 Å². The monoisotopic (exact) mass is 107 g/mol. The van der Waals surface area contributed by atoms with E-state index in [0.29, 0.717) is 0 Å². The lowest BCUT2D eigenvalue weighted by atomic mass is 10.4. The summed E-state index contributed by atoms with van der Waals surface area (Å²) in [5.41, 5.74) is 0. The summed E-state index contributed by atoms with van der Waals surface area (Å²) in [6, 6.07) is 0. The third-order valence-corrected chi connectivity index (χ3v) is 0.828. The van der Waals surface area contributed by atoms with Gasteiger partial charge in [-0.1, -0.05) is 13.3 Å². The van der Waals surface area contributed by atoms with Crippen LogP contribution in [-0.2, 0) is 0 Å². The van der Waals surface area contributed by atoms with Crippen LogP contribution >= 0.6 is 12.6 Å². The molecule has 40 valence electrons. The van der Waals surface area contributed by atoms with Crippen molar-refractivity contribution in [3.05, 3.63) is 0 Å². The summed E-state index contributed by atoms with van der Waals surface area (Å²) in [5, 5.41) is 0. The third-order valence-electron chi connectivity index (χ3n) is 0.512. The van der Waals surface area contributed by atoms with Crippen LogP contribution in [-0.4, -0.2) is 5.75 Å². The lowest BCUT2D eigenvalue weighted by molar-refractivity contribution is 0.899. The highest BCUT2D eigenvalue weighted by molar-refractivity contribution is 7.80. The maximum Gasteiger partial charge on any atom is -0.00980 e. The second-order valence-corrected chi connectivity index (χ2v) is 1.52. The fraction of sp³-hybridized carbons (Fsp3) is 1.00. The van der Waals surface area contributed by atoms with Crippen LogP contribution in [0.2, 0.25) is 0 Å². The molecule has 0 aromatic rings. The molecular weight excluding hydrogens is 94.1 g/mol. The fourth-order valence-corrected chi connectivity index (χ4v) is 0.474.